The predicted molar refractivity (Wildman–Crippen MR) is 92.3 cm³/mol. The molecule has 1 fully saturated rings. The maximum atomic E-state index is 12.6. The number of anilines is 2. The van der Waals surface area contributed by atoms with Crippen molar-refractivity contribution in [1.29, 1.82) is 0 Å². The second kappa shape index (κ2) is 6.82. The van der Waals surface area contributed by atoms with Crippen LogP contribution in [0.2, 0.25) is 0 Å². The monoisotopic (exact) mass is 347 g/mol. The molecule has 0 radical (unpaired) electrons. The number of aromatic nitrogens is 3. The fraction of sp³-hybridized carbons (Fsp3) is 0.438. The maximum absolute atomic E-state index is 12.6. The molecule has 1 aliphatic rings. The van der Waals surface area contributed by atoms with Gasteiger partial charge in [0.2, 0.25) is 10.0 Å². The van der Waals surface area contributed by atoms with Crippen molar-refractivity contribution >= 4 is 21.7 Å². The van der Waals surface area contributed by atoms with Crippen LogP contribution in [0, 0.1) is 0 Å². The molecule has 8 heteroatoms. The summed E-state index contributed by atoms with van der Waals surface area (Å²) in [5, 5.41) is 2.69. The van der Waals surface area contributed by atoms with Crippen molar-refractivity contribution < 1.29 is 8.42 Å². The summed E-state index contributed by atoms with van der Waals surface area (Å²) >= 11 is 0. The summed E-state index contributed by atoms with van der Waals surface area (Å²) in [4.78, 5) is 13.0. The smallest absolute Gasteiger partial charge is 0.217 e. The highest BCUT2D eigenvalue weighted by Crippen LogP contribution is 2.37. The Labute approximate surface area is 142 Å². The first-order valence-electron chi connectivity index (χ1n) is 8.00. The first kappa shape index (κ1) is 16.8. The third kappa shape index (κ3) is 3.25. The van der Waals surface area contributed by atoms with Crippen LogP contribution in [0.3, 0.4) is 0 Å². The van der Waals surface area contributed by atoms with Crippen LogP contribution in [0.4, 0.5) is 11.6 Å². The molecule has 7 nitrogen and oxygen atoms in total. The molecule has 1 aliphatic heterocycles. The van der Waals surface area contributed by atoms with Gasteiger partial charge in [-0.25, -0.2) is 18.4 Å². The van der Waals surface area contributed by atoms with Gasteiger partial charge in [-0.1, -0.05) is 6.07 Å². The van der Waals surface area contributed by atoms with Gasteiger partial charge in [0.25, 0.3) is 0 Å². The van der Waals surface area contributed by atoms with Crippen molar-refractivity contribution in [3.05, 3.63) is 42.5 Å². The molecule has 1 saturated heterocycles. The number of nitrogens with one attached hydrogen (secondary N) is 1. The Bertz CT molecular complexity index is 795. The molecule has 1 atom stereocenters. The van der Waals surface area contributed by atoms with Gasteiger partial charge in [-0.2, -0.15) is 4.31 Å². The van der Waals surface area contributed by atoms with Gasteiger partial charge in [-0.05, 0) is 38.8 Å². The van der Waals surface area contributed by atoms with Crippen molar-refractivity contribution in [2.45, 2.75) is 38.0 Å². The van der Waals surface area contributed by atoms with Gasteiger partial charge in [0.05, 0.1) is 11.3 Å². The molecule has 2 aromatic heterocycles. The van der Waals surface area contributed by atoms with Gasteiger partial charge < -0.3 is 5.32 Å². The fourth-order valence-electron chi connectivity index (χ4n) is 2.84. The van der Waals surface area contributed by atoms with E-state index in [2.05, 4.69) is 20.3 Å². The molecule has 128 valence electrons. The Morgan fingerprint density at radius 1 is 1.17 bits per heavy atom. The Hall–Kier alpha value is -2.06. The van der Waals surface area contributed by atoms with Crippen LogP contribution in [-0.4, -0.2) is 39.5 Å². The van der Waals surface area contributed by atoms with Gasteiger partial charge in [-0.3, -0.25) is 4.98 Å². The van der Waals surface area contributed by atoms with Gasteiger partial charge in [-0.15, -0.1) is 0 Å². The molecular weight excluding hydrogens is 326 g/mol. The zero-order valence-electron chi connectivity index (χ0n) is 13.8. The van der Waals surface area contributed by atoms with Crippen molar-refractivity contribution in [2.75, 3.05) is 11.9 Å². The molecule has 24 heavy (non-hydrogen) atoms. The molecule has 0 aliphatic carbocycles. The van der Waals surface area contributed by atoms with Gasteiger partial charge in [0.1, 0.15) is 11.5 Å². The van der Waals surface area contributed by atoms with Crippen molar-refractivity contribution in [2.24, 2.45) is 0 Å². The van der Waals surface area contributed by atoms with E-state index in [4.69, 9.17) is 0 Å². The molecule has 0 aromatic carbocycles. The standard InChI is InChI=1S/C16H21N5O2S/c1-12(2)24(22,23)21-11-5-6-13(21)15-16(19-10-9-18-15)20-14-7-3-4-8-17-14/h3-4,7-10,12-13H,5-6,11H2,1-2H3,(H,17,19,20). The summed E-state index contributed by atoms with van der Waals surface area (Å²) in [7, 11) is -3.34. The van der Waals surface area contributed by atoms with Crippen molar-refractivity contribution in [1.82, 2.24) is 19.3 Å². The molecule has 3 heterocycles. The van der Waals surface area contributed by atoms with Crippen LogP contribution in [0.25, 0.3) is 0 Å². The molecule has 0 amide bonds. The van der Waals surface area contributed by atoms with E-state index in [0.29, 0.717) is 23.9 Å². The maximum Gasteiger partial charge on any atom is 0.217 e. The van der Waals surface area contributed by atoms with E-state index in [9.17, 15) is 8.42 Å². The van der Waals surface area contributed by atoms with E-state index in [1.807, 2.05) is 18.2 Å². The summed E-state index contributed by atoms with van der Waals surface area (Å²) in [5.74, 6) is 1.20. The highest BCUT2D eigenvalue weighted by Gasteiger charge is 2.38. The van der Waals surface area contributed by atoms with Crippen LogP contribution < -0.4 is 5.32 Å². The molecule has 0 spiro atoms. The van der Waals surface area contributed by atoms with Crippen molar-refractivity contribution in [3.8, 4) is 0 Å². The first-order valence-corrected chi connectivity index (χ1v) is 9.50. The number of nitrogens with zero attached hydrogens (tertiary/aromatic N) is 4. The Kier molecular flexibility index (Phi) is 4.77. The van der Waals surface area contributed by atoms with Gasteiger partial charge in [0, 0.05) is 25.1 Å². The van der Waals surface area contributed by atoms with E-state index in [1.54, 1.807) is 36.7 Å². The molecule has 0 bridgehead atoms. The van der Waals surface area contributed by atoms with Gasteiger partial charge >= 0.3 is 0 Å². The zero-order valence-corrected chi connectivity index (χ0v) is 14.6. The SMILES string of the molecule is CC(C)S(=O)(=O)N1CCCC1c1nccnc1Nc1ccccn1. The van der Waals surface area contributed by atoms with Gasteiger partial charge in [0.15, 0.2) is 5.82 Å². The molecule has 2 aromatic rings. The van der Waals surface area contributed by atoms with Crippen LogP contribution in [0.15, 0.2) is 36.8 Å². The van der Waals surface area contributed by atoms with Crippen LogP contribution >= 0.6 is 0 Å². The quantitative estimate of drug-likeness (QED) is 0.894. The largest absolute Gasteiger partial charge is 0.323 e. The van der Waals surface area contributed by atoms with E-state index < -0.39 is 15.3 Å². The van der Waals surface area contributed by atoms with Crippen molar-refractivity contribution in [3.63, 3.8) is 0 Å². The number of rotatable bonds is 5. The number of hydrogen-bond acceptors (Lipinski definition) is 6. The lowest BCUT2D eigenvalue weighted by Gasteiger charge is -2.26. The summed E-state index contributed by atoms with van der Waals surface area (Å²) in [5.41, 5.74) is 0.643. The average Bonchev–Trinajstić information content (AvgIpc) is 3.06. The van der Waals surface area contributed by atoms with E-state index in [0.717, 1.165) is 12.8 Å². The summed E-state index contributed by atoms with van der Waals surface area (Å²) in [6.07, 6.45) is 6.42. The summed E-state index contributed by atoms with van der Waals surface area (Å²) in [6.45, 7) is 3.92. The molecule has 1 N–H and O–H groups in total. The third-order valence-electron chi connectivity index (χ3n) is 4.08. The predicted octanol–water partition coefficient (Wildman–Crippen LogP) is 2.49. The Morgan fingerprint density at radius 2 is 1.96 bits per heavy atom. The fourth-order valence-corrected chi connectivity index (χ4v) is 4.32. The Morgan fingerprint density at radius 3 is 2.67 bits per heavy atom. The van der Waals surface area contributed by atoms with E-state index >= 15 is 0 Å². The number of pyridine rings is 1. The highest BCUT2D eigenvalue weighted by molar-refractivity contribution is 7.89. The van der Waals surface area contributed by atoms with E-state index in [1.165, 1.54) is 0 Å². The van der Waals surface area contributed by atoms with E-state index in [-0.39, 0.29) is 6.04 Å². The van der Waals surface area contributed by atoms with Crippen LogP contribution in [0.1, 0.15) is 38.4 Å². The summed E-state index contributed by atoms with van der Waals surface area (Å²) < 4.78 is 26.8. The Balaban J connectivity index is 1.95. The summed E-state index contributed by atoms with van der Waals surface area (Å²) in [6, 6.07) is 5.24. The van der Waals surface area contributed by atoms with Crippen LogP contribution in [0.5, 0.6) is 0 Å². The lowest BCUT2D eigenvalue weighted by atomic mass is 10.1. The minimum Gasteiger partial charge on any atom is -0.323 e. The molecular formula is C16H21N5O2S. The lowest BCUT2D eigenvalue weighted by molar-refractivity contribution is 0.386. The lowest BCUT2D eigenvalue weighted by Crippen LogP contribution is -2.36. The minimum atomic E-state index is -3.34. The number of hydrogen-bond donors (Lipinski definition) is 1. The van der Waals surface area contributed by atoms with Crippen LogP contribution in [-0.2, 0) is 10.0 Å². The second-order valence-corrected chi connectivity index (χ2v) is 8.43. The first-order chi connectivity index (χ1) is 11.5. The molecule has 3 rings (SSSR count). The average molecular weight is 347 g/mol. The third-order valence-corrected chi connectivity index (χ3v) is 6.36. The zero-order chi connectivity index (χ0) is 17.2. The molecule has 0 saturated carbocycles. The minimum absolute atomic E-state index is 0.294. The molecule has 1 unspecified atom stereocenters. The highest BCUT2D eigenvalue weighted by atomic mass is 32.2. The second-order valence-electron chi connectivity index (χ2n) is 5.99. The topological polar surface area (TPSA) is 88.1 Å². The number of sulfonamides is 1. The normalized spacial score (nSPS) is 18.9.